The summed E-state index contributed by atoms with van der Waals surface area (Å²) in [5.41, 5.74) is 3.40. The number of aryl methyl sites for hydroxylation is 1. The van der Waals surface area contributed by atoms with E-state index in [0.717, 1.165) is 19.3 Å². The molecule has 3 aromatic carbocycles. The minimum atomic E-state index is -3.80. The Labute approximate surface area is 209 Å². The zero-order valence-electron chi connectivity index (χ0n) is 20.1. The minimum Gasteiger partial charge on any atom is -0.292 e. The Morgan fingerprint density at radius 3 is 2.19 bits per heavy atom. The number of nitrogens with one attached hydrogen (secondary N) is 1. The first kappa shape index (κ1) is 24.1. The highest BCUT2D eigenvalue weighted by atomic mass is 32.2. The van der Waals surface area contributed by atoms with Gasteiger partial charge in [-0.15, -0.1) is 0 Å². The lowest BCUT2D eigenvalue weighted by molar-refractivity contribution is 0.0567. The summed E-state index contributed by atoms with van der Waals surface area (Å²) in [6.07, 6.45) is 0.854. The van der Waals surface area contributed by atoms with E-state index < -0.39 is 21.7 Å². The standard InChI is InChI=1S/C27H27FN4O3S/c1-18-22-13-23(27(33)30-36(2,34)35)24(28)14-25(22)32(29-18)17-19-15-31(16-19)26(20-9-5-3-6-10-20)21-11-7-4-8-12-21/h3-14,19,26H,15-17H2,1-2H3,(H,30,33). The third-order valence-electron chi connectivity index (χ3n) is 6.56. The molecule has 2 heterocycles. The molecular weight excluding hydrogens is 479 g/mol. The first-order chi connectivity index (χ1) is 17.2. The predicted octanol–water partition coefficient (Wildman–Crippen LogP) is 3.89. The first-order valence-corrected chi connectivity index (χ1v) is 13.6. The van der Waals surface area contributed by atoms with Crippen LogP contribution in [0.25, 0.3) is 10.9 Å². The molecule has 0 atom stereocenters. The summed E-state index contributed by atoms with van der Waals surface area (Å²) in [6.45, 7) is 4.15. The van der Waals surface area contributed by atoms with Crippen LogP contribution in [0.1, 0.15) is 33.2 Å². The van der Waals surface area contributed by atoms with Gasteiger partial charge in [0.2, 0.25) is 10.0 Å². The molecule has 1 N–H and O–H groups in total. The number of amides is 1. The largest absolute Gasteiger partial charge is 0.292 e. The number of nitrogens with zero attached hydrogens (tertiary/aromatic N) is 3. The molecule has 36 heavy (non-hydrogen) atoms. The quantitative estimate of drug-likeness (QED) is 0.411. The van der Waals surface area contributed by atoms with E-state index in [1.807, 2.05) is 16.9 Å². The summed E-state index contributed by atoms with van der Waals surface area (Å²) in [7, 11) is -3.80. The predicted molar refractivity (Wildman–Crippen MR) is 137 cm³/mol. The van der Waals surface area contributed by atoms with Crippen molar-refractivity contribution in [1.82, 2.24) is 19.4 Å². The Morgan fingerprint density at radius 2 is 1.64 bits per heavy atom. The van der Waals surface area contributed by atoms with Crippen molar-refractivity contribution >= 4 is 26.8 Å². The zero-order chi connectivity index (χ0) is 25.4. The number of hydrogen-bond acceptors (Lipinski definition) is 5. The molecule has 0 unspecified atom stereocenters. The van der Waals surface area contributed by atoms with Crippen molar-refractivity contribution in [3.8, 4) is 0 Å². The molecule has 186 valence electrons. The fraction of sp³-hybridized carbons (Fsp3) is 0.259. The lowest BCUT2D eigenvalue weighted by Gasteiger charge is -2.45. The molecular formula is C27H27FN4O3S. The number of carbonyl (C=O) groups is 1. The van der Waals surface area contributed by atoms with Crippen LogP contribution in [0.2, 0.25) is 0 Å². The molecule has 1 aliphatic rings. The summed E-state index contributed by atoms with van der Waals surface area (Å²) >= 11 is 0. The normalized spacial score (nSPS) is 14.8. The van der Waals surface area contributed by atoms with Crippen LogP contribution in [0.4, 0.5) is 4.39 Å². The second-order valence-corrected chi connectivity index (χ2v) is 11.1. The summed E-state index contributed by atoms with van der Waals surface area (Å²) in [6, 6.07) is 23.7. The molecule has 0 saturated carbocycles. The lowest BCUT2D eigenvalue weighted by Crippen LogP contribution is -2.50. The highest BCUT2D eigenvalue weighted by molar-refractivity contribution is 7.89. The van der Waals surface area contributed by atoms with E-state index in [1.165, 1.54) is 23.3 Å². The van der Waals surface area contributed by atoms with Crippen LogP contribution >= 0.6 is 0 Å². The second kappa shape index (κ2) is 9.48. The summed E-state index contributed by atoms with van der Waals surface area (Å²) < 4.78 is 41.2. The van der Waals surface area contributed by atoms with E-state index in [9.17, 15) is 17.6 Å². The Balaban J connectivity index is 1.35. The van der Waals surface area contributed by atoms with Crippen LogP contribution < -0.4 is 4.72 Å². The van der Waals surface area contributed by atoms with Gasteiger partial charge in [0, 0.05) is 37.0 Å². The minimum absolute atomic E-state index is 0.160. The molecule has 0 radical (unpaired) electrons. The van der Waals surface area contributed by atoms with Crippen LogP contribution in [0, 0.1) is 18.7 Å². The number of rotatable bonds is 7. The van der Waals surface area contributed by atoms with Gasteiger partial charge in [-0.25, -0.2) is 17.5 Å². The van der Waals surface area contributed by atoms with Crippen molar-refractivity contribution < 1.29 is 17.6 Å². The third-order valence-corrected chi connectivity index (χ3v) is 7.12. The van der Waals surface area contributed by atoms with E-state index in [1.54, 1.807) is 11.6 Å². The fourth-order valence-electron chi connectivity index (χ4n) is 4.96. The van der Waals surface area contributed by atoms with Gasteiger partial charge in [0.05, 0.1) is 29.1 Å². The molecule has 0 aliphatic carbocycles. The van der Waals surface area contributed by atoms with Crippen LogP contribution in [-0.2, 0) is 16.6 Å². The van der Waals surface area contributed by atoms with E-state index in [0.29, 0.717) is 29.1 Å². The molecule has 5 rings (SSSR count). The molecule has 1 aliphatic heterocycles. The number of benzene rings is 3. The number of hydrogen-bond donors (Lipinski definition) is 1. The third kappa shape index (κ3) is 4.89. The molecule has 0 spiro atoms. The van der Waals surface area contributed by atoms with Crippen molar-refractivity contribution in [1.29, 1.82) is 0 Å². The van der Waals surface area contributed by atoms with E-state index in [-0.39, 0.29) is 11.6 Å². The van der Waals surface area contributed by atoms with Crippen molar-refractivity contribution in [2.24, 2.45) is 5.92 Å². The van der Waals surface area contributed by atoms with Gasteiger partial charge >= 0.3 is 0 Å². The van der Waals surface area contributed by atoms with Gasteiger partial charge in [-0.3, -0.25) is 14.4 Å². The lowest BCUT2D eigenvalue weighted by atomic mass is 9.90. The van der Waals surface area contributed by atoms with Gasteiger partial charge in [0.1, 0.15) is 5.82 Å². The molecule has 7 nitrogen and oxygen atoms in total. The van der Waals surface area contributed by atoms with Crippen molar-refractivity contribution in [3.63, 3.8) is 0 Å². The van der Waals surface area contributed by atoms with Crippen molar-refractivity contribution in [2.45, 2.75) is 19.5 Å². The average molecular weight is 507 g/mol. The average Bonchev–Trinajstić information content (AvgIpc) is 3.11. The topological polar surface area (TPSA) is 84.3 Å². The van der Waals surface area contributed by atoms with Crippen LogP contribution in [0.15, 0.2) is 72.8 Å². The maximum Gasteiger partial charge on any atom is 0.267 e. The molecule has 1 fully saturated rings. The molecule has 1 amide bonds. The van der Waals surface area contributed by atoms with E-state index in [2.05, 4.69) is 58.5 Å². The van der Waals surface area contributed by atoms with Crippen LogP contribution in [-0.4, -0.2) is 48.4 Å². The SMILES string of the molecule is Cc1nn(CC2CN(C(c3ccccc3)c3ccccc3)C2)c2cc(F)c(C(=O)NS(C)(=O)=O)cc12. The molecule has 1 saturated heterocycles. The molecule has 4 aromatic rings. The highest BCUT2D eigenvalue weighted by Crippen LogP contribution is 2.35. The van der Waals surface area contributed by atoms with Crippen molar-refractivity contribution in [3.05, 3.63) is 101 Å². The maximum atomic E-state index is 14.8. The Bertz CT molecular complexity index is 1480. The first-order valence-electron chi connectivity index (χ1n) is 11.7. The molecule has 9 heteroatoms. The number of likely N-dealkylation sites (tertiary alicyclic amines) is 1. The van der Waals surface area contributed by atoms with Gasteiger partial charge in [0.25, 0.3) is 5.91 Å². The van der Waals surface area contributed by atoms with Gasteiger partial charge < -0.3 is 0 Å². The molecule has 0 bridgehead atoms. The van der Waals surface area contributed by atoms with E-state index >= 15 is 0 Å². The summed E-state index contributed by atoms with van der Waals surface area (Å²) in [5.74, 6) is -1.45. The number of halogens is 1. The van der Waals surface area contributed by atoms with Gasteiger partial charge in [-0.2, -0.15) is 5.10 Å². The van der Waals surface area contributed by atoms with Crippen LogP contribution in [0.5, 0.6) is 0 Å². The van der Waals surface area contributed by atoms with Gasteiger partial charge in [-0.05, 0) is 24.1 Å². The van der Waals surface area contributed by atoms with Gasteiger partial charge in [0.15, 0.2) is 0 Å². The Hall–Kier alpha value is -3.56. The van der Waals surface area contributed by atoms with Crippen molar-refractivity contribution in [2.75, 3.05) is 19.3 Å². The smallest absolute Gasteiger partial charge is 0.267 e. The van der Waals surface area contributed by atoms with Crippen LogP contribution in [0.3, 0.4) is 0 Å². The number of aromatic nitrogens is 2. The summed E-state index contributed by atoms with van der Waals surface area (Å²) in [5, 5.41) is 5.22. The molecule has 1 aromatic heterocycles. The maximum absolute atomic E-state index is 14.8. The Morgan fingerprint density at radius 1 is 1.06 bits per heavy atom. The number of fused-ring (bicyclic) bond motifs is 1. The number of sulfonamides is 1. The number of carbonyl (C=O) groups excluding carboxylic acids is 1. The monoisotopic (exact) mass is 506 g/mol. The highest BCUT2D eigenvalue weighted by Gasteiger charge is 2.34. The second-order valence-electron chi connectivity index (χ2n) is 9.36. The Kier molecular flexibility index (Phi) is 6.36. The zero-order valence-corrected chi connectivity index (χ0v) is 20.9. The fourth-order valence-corrected chi connectivity index (χ4v) is 5.40. The van der Waals surface area contributed by atoms with Gasteiger partial charge in [-0.1, -0.05) is 60.7 Å². The summed E-state index contributed by atoms with van der Waals surface area (Å²) in [4.78, 5) is 14.7. The van der Waals surface area contributed by atoms with E-state index in [4.69, 9.17) is 0 Å².